The molecule has 0 aromatic heterocycles. The summed E-state index contributed by atoms with van der Waals surface area (Å²) in [7, 11) is 0. The fourth-order valence-corrected chi connectivity index (χ4v) is 7.04. The quantitative estimate of drug-likeness (QED) is 0.259. The topological polar surface area (TPSA) is 36.0 Å². The van der Waals surface area contributed by atoms with Crippen molar-refractivity contribution in [2.75, 3.05) is 42.5 Å². The number of ether oxygens (including phenoxy) is 1. The number of anilines is 2. The minimum atomic E-state index is -0.748. The van der Waals surface area contributed by atoms with E-state index in [0.29, 0.717) is 6.54 Å². The van der Waals surface area contributed by atoms with Crippen LogP contribution in [0.5, 0.6) is 11.5 Å². The zero-order valence-corrected chi connectivity index (χ0v) is 24.8. The van der Waals surface area contributed by atoms with Gasteiger partial charge in [0.05, 0.1) is 0 Å². The summed E-state index contributed by atoms with van der Waals surface area (Å²) in [6.45, 7) is 13.1. The van der Waals surface area contributed by atoms with Crippen molar-refractivity contribution >= 4 is 17.3 Å². The third kappa shape index (κ3) is 4.34. The number of hydrogen-bond donors (Lipinski definition) is 0. The van der Waals surface area contributed by atoms with Crippen molar-refractivity contribution in [1.82, 2.24) is 4.90 Å². The van der Waals surface area contributed by atoms with E-state index in [1.807, 2.05) is 12.1 Å². The van der Waals surface area contributed by atoms with Gasteiger partial charge in [-0.2, -0.15) is 0 Å². The Morgan fingerprint density at radius 3 is 1.98 bits per heavy atom. The fraction of sp³-hybridized carbons (Fsp3) is 0.361. The van der Waals surface area contributed by atoms with E-state index in [1.54, 1.807) is 0 Å². The smallest absolute Gasteiger partial charge is 0.255 e. The predicted molar refractivity (Wildman–Crippen MR) is 169 cm³/mol. The highest BCUT2D eigenvalue weighted by Gasteiger charge is 2.56. The molecular formula is C36H41N3O2. The molecule has 0 bridgehead atoms. The van der Waals surface area contributed by atoms with Gasteiger partial charge in [-0.25, -0.2) is 0 Å². The molecule has 5 heteroatoms. The summed E-state index contributed by atoms with van der Waals surface area (Å²) in [4.78, 5) is 21.1. The molecule has 0 fully saturated rings. The van der Waals surface area contributed by atoms with Gasteiger partial charge >= 0.3 is 0 Å². The molecular weight excluding hydrogens is 506 g/mol. The van der Waals surface area contributed by atoms with E-state index in [1.165, 1.54) is 5.57 Å². The highest BCUT2D eigenvalue weighted by atomic mass is 16.5. The molecule has 0 radical (unpaired) electrons. The first-order chi connectivity index (χ1) is 20.1. The Morgan fingerprint density at radius 2 is 1.41 bits per heavy atom. The van der Waals surface area contributed by atoms with Gasteiger partial charge in [0.1, 0.15) is 17.0 Å². The lowest BCUT2D eigenvalue weighted by atomic mass is 9.74. The number of allylic oxidation sites excluding steroid dienone is 4. The van der Waals surface area contributed by atoms with E-state index in [-0.39, 0.29) is 5.91 Å². The first-order valence-electron chi connectivity index (χ1n) is 15.3. The molecule has 1 amide bonds. The van der Waals surface area contributed by atoms with Crippen molar-refractivity contribution in [2.24, 2.45) is 0 Å². The lowest BCUT2D eigenvalue weighted by Gasteiger charge is -2.45. The summed E-state index contributed by atoms with van der Waals surface area (Å²) in [6.07, 6.45) is 9.48. The standard InChI is InChI=1S/C36H41N3O2/c1-5-37(6-2)27-19-21-31-33(24-27)41-34-25-28(38(7-3)8-4)20-22-32(34)36(31)30-18-12-11-17-29(30)35(40)39(36)23-13-16-26-14-9-10-15-26/h9-12,14,17-22,24-25H,5-8,13,15-16,23H2,1-4H3. The molecule has 41 heavy (non-hydrogen) atoms. The lowest BCUT2D eigenvalue weighted by molar-refractivity contribution is 0.0662. The van der Waals surface area contributed by atoms with Crippen LogP contribution in [0, 0.1) is 0 Å². The summed E-state index contributed by atoms with van der Waals surface area (Å²) in [5.41, 5.74) is 6.87. The number of hydrogen-bond acceptors (Lipinski definition) is 4. The Kier molecular flexibility index (Phi) is 7.37. The van der Waals surface area contributed by atoms with Crippen LogP contribution in [0.2, 0.25) is 0 Å². The Hall–Kier alpha value is -3.99. The maximum Gasteiger partial charge on any atom is 0.255 e. The van der Waals surface area contributed by atoms with Crippen LogP contribution in [0.1, 0.15) is 74.0 Å². The van der Waals surface area contributed by atoms with E-state index in [9.17, 15) is 4.79 Å². The van der Waals surface area contributed by atoms with Gasteiger partial charge in [0.2, 0.25) is 0 Å². The van der Waals surface area contributed by atoms with Crippen LogP contribution < -0.4 is 14.5 Å². The lowest BCUT2D eigenvalue weighted by Crippen LogP contribution is -2.47. The van der Waals surface area contributed by atoms with Crippen molar-refractivity contribution in [3.63, 3.8) is 0 Å². The first-order valence-corrected chi connectivity index (χ1v) is 15.3. The van der Waals surface area contributed by atoms with Crippen LogP contribution in [0.4, 0.5) is 11.4 Å². The summed E-state index contributed by atoms with van der Waals surface area (Å²) in [5.74, 6) is 1.75. The predicted octanol–water partition coefficient (Wildman–Crippen LogP) is 7.90. The van der Waals surface area contributed by atoms with Gasteiger partial charge in [0.15, 0.2) is 0 Å². The van der Waals surface area contributed by atoms with Gasteiger partial charge in [-0.1, -0.05) is 54.1 Å². The maximum absolute atomic E-state index is 14.3. The molecule has 0 saturated heterocycles. The van der Waals surface area contributed by atoms with Gasteiger partial charge in [0, 0.05) is 72.9 Å². The Bertz CT molecular complexity index is 1450. The fourth-order valence-electron chi connectivity index (χ4n) is 7.04. The van der Waals surface area contributed by atoms with Crippen molar-refractivity contribution in [1.29, 1.82) is 0 Å². The third-order valence-corrected chi connectivity index (χ3v) is 9.11. The summed E-state index contributed by atoms with van der Waals surface area (Å²) < 4.78 is 6.80. The van der Waals surface area contributed by atoms with Gasteiger partial charge in [-0.3, -0.25) is 4.79 Å². The van der Waals surface area contributed by atoms with Crippen LogP contribution in [-0.2, 0) is 5.54 Å². The van der Waals surface area contributed by atoms with E-state index in [0.717, 1.165) is 90.6 Å². The molecule has 3 aliphatic rings. The summed E-state index contributed by atoms with van der Waals surface area (Å²) >= 11 is 0. The molecule has 3 aromatic carbocycles. The molecule has 212 valence electrons. The number of carbonyl (C=O) groups is 1. The number of nitrogens with zero attached hydrogens (tertiary/aromatic N) is 3. The second kappa shape index (κ2) is 11.1. The van der Waals surface area contributed by atoms with Crippen LogP contribution in [0.25, 0.3) is 0 Å². The third-order valence-electron chi connectivity index (χ3n) is 9.11. The molecule has 0 atom stereocenters. The van der Waals surface area contributed by atoms with Gasteiger partial charge < -0.3 is 19.4 Å². The molecule has 0 N–H and O–H groups in total. The number of amides is 1. The summed E-state index contributed by atoms with van der Waals surface area (Å²) in [5, 5.41) is 0. The van der Waals surface area contributed by atoms with Gasteiger partial charge in [0.25, 0.3) is 5.91 Å². The molecule has 1 aliphatic carbocycles. The molecule has 6 rings (SSSR count). The molecule has 1 spiro atoms. The average molecular weight is 548 g/mol. The van der Waals surface area contributed by atoms with Crippen LogP contribution in [-0.4, -0.2) is 43.5 Å². The second-order valence-electron chi connectivity index (χ2n) is 11.1. The number of fused-ring (bicyclic) bond motifs is 6. The molecule has 3 aromatic rings. The van der Waals surface area contributed by atoms with Gasteiger partial charge in [-0.15, -0.1) is 0 Å². The molecule has 2 aliphatic heterocycles. The van der Waals surface area contributed by atoms with Crippen LogP contribution in [0.15, 0.2) is 84.5 Å². The monoisotopic (exact) mass is 547 g/mol. The molecule has 2 heterocycles. The Balaban J connectivity index is 1.55. The molecule has 5 nitrogen and oxygen atoms in total. The van der Waals surface area contributed by atoms with Crippen molar-refractivity contribution in [2.45, 2.75) is 52.5 Å². The molecule has 0 unspecified atom stereocenters. The van der Waals surface area contributed by atoms with Crippen LogP contribution in [0.3, 0.4) is 0 Å². The minimum Gasteiger partial charge on any atom is -0.456 e. The average Bonchev–Trinajstić information content (AvgIpc) is 3.60. The SMILES string of the molecule is CCN(CC)c1ccc2c(c1)Oc1cc(N(CC)CC)ccc1C21c2ccccc2C(=O)N1CCCC1=CC=CC1. The van der Waals surface area contributed by atoms with E-state index < -0.39 is 5.54 Å². The van der Waals surface area contributed by atoms with Gasteiger partial charge in [-0.05, 0) is 70.7 Å². The normalized spacial score (nSPS) is 15.9. The minimum absolute atomic E-state index is 0.0959. The number of benzene rings is 3. The Labute approximate surface area is 244 Å². The maximum atomic E-state index is 14.3. The Morgan fingerprint density at radius 1 is 0.805 bits per heavy atom. The second-order valence-corrected chi connectivity index (χ2v) is 11.1. The van der Waals surface area contributed by atoms with Crippen molar-refractivity contribution < 1.29 is 9.53 Å². The van der Waals surface area contributed by atoms with E-state index >= 15 is 0 Å². The largest absolute Gasteiger partial charge is 0.456 e. The highest BCUT2D eigenvalue weighted by Crippen LogP contribution is 2.58. The van der Waals surface area contributed by atoms with E-state index in [4.69, 9.17) is 4.74 Å². The highest BCUT2D eigenvalue weighted by molar-refractivity contribution is 6.02. The zero-order valence-electron chi connectivity index (χ0n) is 24.8. The zero-order chi connectivity index (χ0) is 28.6. The van der Waals surface area contributed by atoms with Crippen molar-refractivity contribution in [3.05, 3.63) is 107 Å². The van der Waals surface area contributed by atoms with Crippen LogP contribution >= 0.6 is 0 Å². The number of rotatable bonds is 10. The summed E-state index contributed by atoms with van der Waals surface area (Å²) in [6, 6.07) is 21.3. The number of carbonyl (C=O) groups excluding carboxylic acids is 1. The van der Waals surface area contributed by atoms with E-state index in [2.05, 4.69) is 109 Å². The first kappa shape index (κ1) is 27.2. The molecule has 0 saturated carbocycles. The van der Waals surface area contributed by atoms with Crippen molar-refractivity contribution in [3.8, 4) is 11.5 Å².